The predicted molar refractivity (Wildman–Crippen MR) is 99.5 cm³/mol. The molecule has 0 aromatic heterocycles. The van der Waals surface area contributed by atoms with E-state index in [1.807, 2.05) is 42.3 Å². The standard InChI is InChI=1S/C20H22ClFN2O2/c1-23(14-16-17(21)8-5-9-18(16)22)19(15-6-3-2-4-7-15)20(25)24-10-12-26-13-11-24/h2-9,19H,10-14H2,1H3. The molecule has 1 unspecified atom stereocenters. The van der Waals surface area contributed by atoms with Gasteiger partial charge < -0.3 is 9.64 Å². The van der Waals surface area contributed by atoms with Crippen molar-refractivity contribution in [3.8, 4) is 0 Å². The number of ether oxygens (including phenoxy) is 1. The molecule has 0 spiro atoms. The maximum Gasteiger partial charge on any atom is 0.244 e. The van der Waals surface area contributed by atoms with Crippen molar-refractivity contribution in [3.05, 3.63) is 70.5 Å². The zero-order chi connectivity index (χ0) is 18.5. The fourth-order valence-corrected chi connectivity index (χ4v) is 3.42. The van der Waals surface area contributed by atoms with Crippen molar-refractivity contribution in [2.24, 2.45) is 0 Å². The van der Waals surface area contributed by atoms with Crippen LogP contribution in [0.3, 0.4) is 0 Å². The summed E-state index contributed by atoms with van der Waals surface area (Å²) in [5.74, 6) is -0.371. The molecule has 1 amide bonds. The van der Waals surface area contributed by atoms with Gasteiger partial charge >= 0.3 is 0 Å². The summed E-state index contributed by atoms with van der Waals surface area (Å²) in [5.41, 5.74) is 1.27. The van der Waals surface area contributed by atoms with Crippen LogP contribution in [-0.4, -0.2) is 49.1 Å². The van der Waals surface area contributed by atoms with Crippen molar-refractivity contribution in [2.45, 2.75) is 12.6 Å². The van der Waals surface area contributed by atoms with E-state index in [1.165, 1.54) is 6.07 Å². The number of halogens is 2. The average Bonchev–Trinajstić information content (AvgIpc) is 2.66. The SMILES string of the molecule is CN(Cc1c(F)cccc1Cl)C(C(=O)N1CCOCC1)c1ccccc1. The van der Waals surface area contributed by atoms with E-state index in [0.29, 0.717) is 36.9 Å². The highest BCUT2D eigenvalue weighted by molar-refractivity contribution is 6.31. The van der Waals surface area contributed by atoms with Gasteiger partial charge in [-0.05, 0) is 24.7 Å². The van der Waals surface area contributed by atoms with Gasteiger partial charge in [-0.3, -0.25) is 9.69 Å². The number of likely N-dealkylation sites (N-methyl/N-ethyl adjacent to an activating group) is 1. The molecule has 0 bridgehead atoms. The molecule has 4 nitrogen and oxygen atoms in total. The molecule has 1 fully saturated rings. The molecular weight excluding hydrogens is 355 g/mol. The summed E-state index contributed by atoms with van der Waals surface area (Å²) in [4.78, 5) is 16.9. The number of benzene rings is 2. The molecule has 0 radical (unpaired) electrons. The smallest absolute Gasteiger partial charge is 0.244 e. The summed E-state index contributed by atoms with van der Waals surface area (Å²) >= 11 is 6.17. The summed E-state index contributed by atoms with van der Waals surface area (Å²) in [5, 5.41) is 0.363. The molecule has 1 heterocycles. The first-order valence-corrected chi connectivity index (χ1v) is 9.00. The predicted octanol–water partition coefficient (Wildman–Crippen LogP) is 3.51. The van der Waals surface area contributed by atoms with Crippen LogP contribution < -0.4 is 0 Å². The lowest BCUT2D eigenvalue weighted by atomic mass is 10.0. The highest BCUT2D eigenvalue weighted by Crippen LogP contribution is 2.27. The second-order valence-corrected chi connectivity index (χ2v) is 6.77. The van der Waals surface area contributed by atoms with Crippen molar-refractivity contribution in [2.75, 3.05) is 33.4 Å². The van der Waals surface area contributed by atoms with Crippen molar-refractivity contribution in [3.63, 3.8) is 0 Å². The maximum atomic E-state index is 14.2. The van der Waals surface area contributed by atoms with E-state index in [4.69, 9.17) is 16.3 Å². The van der Waals surface area contributed by atoms with E-state index >= 15 is 0 Å². The van der Waals surface area contributed by atoms with E-state index in [1.54, 1.807) is 17.0 Å². The van der Waals surface area contributed by atoms with Gasteiger partial charge in [0.05, 0.1) is 13.2 Å². The van der Waals surface area contributed by atoms with Gasteiger partial charge in [-0.1, -0.05) is 48.0 Å². The number of carbonyl (C=O) groups is 1. The van der Waals surface area contributed by atoms with Crippen LogP contribution in [0.1, 0.15) is 17.2 Å². The Morgan fingerprint density at radius 3 is 2.54 bits per heavy atom. The van der Waals surface area contributed by atoms with Crippen LogP contribution in [0.15, 0.2) is 48.5 Å². The number of rotatable bonds is 5. The van der Waals surface area contributed by atoms with Gasteiger partial charge in [0.25, 0.3) is 0 Å². The molecule has 138 valence electrons. The van der Waals surface area contributed by atoms with Crippen LogP contribution in [0, 0.1) is 5.82 Å². The zero-order valence-corrected chi connectivity index (χ0v) is 15.5. The Morgan fingerprint density at radius 1 is 1.19 bits per heavy atom. The van der Waals surface area contributed by atoms with E-state index in [9.17, 15) is 9.18 Å². The van der Waals surface area contributed by atoms with E-state index in [-0.39, 0.29) is 18.3 Å². The van der Waals surface area contributed by atoms with Gasteiger partial charge in [-0.2, -0.15) is 0 Å². The topological polar surface area (TPSA) is 32.8 Å². The summed E-state index contributed by atoms with van der Waals surface area (Å²) in [6, 6.07) is 13.7. The van der Waals surface area contributed by atoms with Crippen LogP contribution in [0.25, 0.3) is 0 Å². The highest BCUT2D eigenvalue weighted by atomic mass is 35.5. The number of amides is 1. The van der Waals surface area contributed by atoms with Crippen molar-refractivity contribution < 1.29 is 13.9 Å². The highest BCUT2D eigenvalue weighted by Gasteiger charge is 2.31. The van der Waals surface area contributed by atoms with Crippen molar-refractivity contribution >= 4 is 17.5 Å². The van der Waals surface area contributed by atoms with Crippen LogP contribution >= 0.6 is 11.6 Å². The van der Waals surface area contributed by atoms with Gasteiger partial charge in [-0.15, -0.1) is 0 Å². The molecule has 0 N–H and O–H groups in total. The van der Waals surface area contributed by atoms with E-state index < -0.39 is 6.04 Å². The molecule has 2 aromatic rings. The Bertz CT molecular complexity index is 730. The molecule has 1 atom stereocenters. The third-order valence-electron chi connectivity index (χ3n) is 4.58. The first-order chi connectivity index (χ1) is 12.6. The Morgan fingerprint density at radius 2 is 1.88 bits per heavy atom. The van der Waals surface area contributed by atoms with Crippen LogP contribution in [-0.2, 0) is 16.1 Å². The molecule has 1 aliphatic heterocycles. The maximum absolute atomic E-state index is 14.2. The van der Waals surface area contributed by atoms with Crippen LogP contribution in [0.2, 0.25) is 5.02 Å². The van der Waals surface area contributed by atoms with Crippen LogP contribution in [0.5, 0.6) is 0 Å². The molecule has 26 heavy (non-hydrogen) atoms. The number of morpholine rings is 1. The van der Waals surface area contributed by atoms with Gasteiger partial charge in [0, 0.05) is 30.2 Å². The lowest BCUT2D eigenvalue weighted by molar-refractivity contribution is -0.141. The number of nitrogens with zero attached hydrogens (tertiary/aromatic N) is 2. The Hall–Kier alpha value is -1.95. The summed E-state index contributed by atoms with van der Waals surface area (Å²) in [7, 11) is 1.82. The molecule has 1 saturated heterocycles. The first-order valence-electron chi connectivity index (χ1n) is 8.62. The molecule has 3 rings (SSSR count). The minimum absolute atomic E-state index is 0.00513. The molecule has 0 saturated carbocycles. The third-order valence-corrected chi connectivity index (χ3v) is 4.94. The van der Waals surface area contributed by atoms with E-state index in [0.717, 1.165) is 5.56 Å². The Labute approximate surface area is 158 Å². The third kappa shape index (κ3) is 4.23. The lowest BCUT2D eigenvalue weighted by Crippen LogP contribution is -2.46. The fraction of sp³-hybridized carbons (Fsp3) is 0.350. The van der Waals surface area contributed by atoms with Gasteiger partial charge in [-0.25, -0.2) is 4.39 Å². The largest absolute Gasteiger partial charge is 0.378 e. The number of hydrogen-bond acceptors (Lipinski definition) is 3. The second-order valence-electron chi connectivity index (χ2n) is 6.37. The zero-order valence-electron chi connectivity index (χ0n) is 14.7. The minimum atomic E-state index is -0.509. The molecule has 1 aliphatic rings. The second kappa shape index (κ2) is 8.62. The molecular formula is C20H22ClFN2O2. The Kier molecular flexibility index (Phi) is 6.25. The van der Waals surface area contributed by atoms with Crippen molar-refractivity contribution in [1.29, 1.82) is 0 Å². The first kappa shape index (κ1) is 18.8. The number of carbonyl (C=O) groups excluding carboxylic acids is 1. The normalized spacial score (nSPS) is 15.9. The Balaban J connectivity index is 1.88. The van der Waals surface area contributed by atoms with Gasteiger partial charge in [0.2, 0.25) is 5.91 Å². The minimum Gasteiger partial charge on any atom is -0.378 e. The summed E-state index contributed by atoms with van der Waals surface area (Å²) in [6.07, 6.45) is 0. The molecule has 0 aliphatic carbocycles. The summed E-state index contributed by atoms with van der Waals surface area (Å²) in [6.45, 7) is 2.44. The average molecular weight is 377 g/mol. The van der Waals surface area contributed by atoms with Crippen molar-refractivity contribution in [1.82, 2.24) is 9.80 Å². The van der Waals surface area contributed by atoms with Gasteiger partial charge in [0.1, 0.15) is 11.9 Å². The monoisotopic (exact) mass is 376 g/mol. The quantitative estimate of drug-likeness (QED) is 0.800. The number of hydrogen-bond donors (Lipinski definition) is 0. The summed E-state index contributed by atoms with van der Waals surface area (Å²) < 4.78 is 19.6. The van der Waals surface area contributed by atoms with Gasteiger partial charge in [0.15, 0.2) is 0 Å². The molecule has 6 heteroatoms. The molecule has 2 aromatic carbocycles. The fourth-order valence-electron chi connectivity index (χ4n) is 3.20. The lowest BCUT2D eigenvalue weighted by Gasteiger charge is -2.34. The van der Waals surface area contributed by atoms with Crippen LogP contribution in [0.4, 0.5) is 4.39 Å². The van der Waals surface area contributed by atoms with E-state index in [2.05, 4.69) is 0 Å².